The second-order valence-corrected chi connectivity index (χ2v) is 12.9. The van der Waals surface area contributed by atoms with Crippen LogP contribution in [0.25, 0.3) is 11.2 Å². The summed E-state index contributed by atoms with van der Waals surface area (Å²) in [6.45, 7) is 11.7. The van der Waals surface area contributed by atoms with Crippen LogP contribution < -0.4 is 16.2 Å². The quantitative estimate of drug-likeness (QED) is 0.278. The van der Waals surface area contributed by atoms with Crippen LogP contribution in [0.1, 0.15) is 78.7 Å². The van der Waals surface area contributed by atoms with Crippen molar-refractivity contribution >= 4 is 40.9 Å². The van der Waals surface area contributed by atoms with Gasteiger partial charge in [0, 0.05) is 22.0 Å². The van der Waals surface area contributed by atoms with Crippen molar-refractivity contribution in [2.24, 2.45) is 5.41 Å². The van der Waals surface area contributed by atoms with Gasteiger partial charge in [0.1, 0.15) is 11.1 Å². The van der Waals surface area contributed by atoms with Crippen molar-refractivity contribution in [2.45, 2.75) is 96.1 Å². The Morgan fingerprint density at radius 3 is 2.44 bits per heavy atom. The first-order valence-corrected chi connectivity index (χ1v) is 14.3. The van der Waals surface area contributed by atoms with E-state index < -0.39 is 17.1 Å². The molecule has 10 heteroatoms. The Kier molecular flexibility index (Phi) is 8.44. The van der Waals surface area contributed by atoms with E-state index in [9.17, 15) is 9.59 Å². The fourth-order valence-corrected chi connectivity index (χ4v) is 5.78. The van der Waals surface area contributed by atoms with Crippen LogP contribution in [0, 0.1) is 12.3 Å². The summed E-state index contributed by atoms with van der Waals surface area (Å²) in [4.78, 5) is 36.0. The molecule has 1 aliphatic rings. The minimum atomic E-state index is -0.564. The molecular weight excluding hydrogens is 512 g/mol. The Morgan fingerprint density at radius 1 is 1.10 bits per heavy atom. The third-order valence-electron chi connectivity index (χ3n) is 7.24. The van der Waals surface area contributed by atoms with Gasteiger partial charge in [0.2, 0.25) is 5.91 Å². The number of rotatable bonds is 8. The Bertz CT molecular complexity index is 1310. The van der Waals surface area contributed by atoms with Gasteiger partial charge in [-0.15, -0.1) is 0 Å². The zero-order valence-corrected chi connectivity index (χ0v) is 24.6. The number of anilines is 1. The average molecular weight is 553 g/mol. The smallest absolute Gasteiger partial charge is 0.408 e. The van der Waals surface area contributed by atoms with Gasteiger partial charge in [-0.3, -0.25) is 19.6 Å². The highest BCUT2D eigenvalue weighted by molar-refractivity contribution is 7.98. The summed E-state index contributed by atoms with van der Waals surface area (Å²) in [5, 5.41) is 3.13. The molecule has 1 aromatic carbocycles. The van der Waals surface area contributed by atoms with Crippen molar-refractivity contribution in [3.05, 3.63) is 48.3 Å². The van der Waals surface area contributed by atoms with Crippen LogP contribution in [0.15, 0.2) is 47.6 Å². The van der Waals surface area contributed by atoms with Gasteiger partial charge in [0.05, 0.1) is 6.20 Å². The maximum absolute atomic E-state index is 13.2. The van der Waals surface area contributed by atoms with E-state index in [2.05, 4.69) is 64.2 Å². The van der Waals surface area contributed by atoms with Gasteiger partial charge >= 0.3 is 6.09 Å². The summed E-state index contributed by atoms with van der Waals surface area (Å²) in [6.07, 6.45) is 7.67. The lowest BCUT2D eigenvalue weighted by molar-refractivity contribution is -0.132. The second kappa shape index (κ2) is 11.5. The van der Waals surface area contributed by atoms with E-state index in [-0.39, 0.29) is 11.4 Å². The summed E-state index contributed by atoms with van der Waals surface area (Å²) < 4.78 is 7.49. The van der Waals surface area contributed by atoms with Crippen LogP contribution in [-0.4, -0.2) is 37.1 Å². The largest absolute Gasteiger partial charge is 0.444 e. The Morgan fingerprint density at radius 2 is 1.79 bits per heavy atom. The number of nitrogens with one attached hydrogen (secondary N) is 3. The van der Waals surface area contributed by atoms with E-state index in [0.717, 1.165) is 28.9 Å². The van der Waals surface area contributed by atoms with E-state index in [0.29, 0.717) is 31.5 Å². The predicted octanol–water partition coefficient (Wildman–Crippen LogP) is 6.38. The number of aromatic nitrogens is 3. The second-order valence-electron chi connectivity index (χ2n) is 11.8. The molecule has 1 fully saturated rings. The number of carbonyl (C=O) groups excluding carboxylic acids is 2. The zero-order chi connectivity index (χ0) is 28.3. The first-order chi connectivity index (χ1) is 18.4. The van der Waals surface area contributed by atoms with Gasteiger partial charge in [-0.2, -0.15) is 0 Å². The molecule has 0 aliphatic heterocycles. The standard InChI is InChI=1S/C29H40N6O3S/c1-7-13-29(32-26(37)38-27(3,4)5)16-14-28(6,15-17-29)25(36)34-33-23-19-30-24-22(31-23)12-18-35(24)39-21-10-8-20(2)9-11-21/h8-12,18-19H,7,13-17H2,1-6H3,(H,31,33)(H,32,37)(H,34,36). The zero-order valence-electron chi connectivity index (χ0n) is 23.8. The molecule has 0 spiro atoms. The summed E-state index contributed by atoms with van der Waals surface area (Å²) in [5.74, 6) is 0.375. The fourth-order valence-electron chi connectivity index (χ4n) is 4.95. The number of aryl methyl sites for hydroxylation is 1. The number of amides is 2. The molecule has 0 atom stereocenters. The lowest BCUT2D eigenvalue weighted by Crippen LogP contribution is -2.55. The number of nitrogens with zero attached hydrogens (tertiary/aromatic N) is 3. The minimum absolute atomic E-state index is 0.0979. The van der Waals surface area contributed by atoms with Crippen LogP contribution in [0.3, 0.4) is 0 Å². The Balaban J connectivity index is 1.35. The van der Waals surface area contributed by atoms with Gasteiger partial charge < -0.3 is 10.1 Å². The number of hydrogen-bond acceptors (Lipinski definition) is 7. The highest BCUT2D eigenvalue weighted by atomic mass is 32.2. The maximum Gasteiger partial charge on any atom is 0.408 e. The highest BCUT2D eigenvalue weighted by Gasteiger charge is 2.45. The number of carbonyl (C=O) groups is 2. The van der Waals surface area contributed by atoms with Crippen molar-refractivity contribution in [1.82, 2.24) is 24.7 Å². The van der Waals surface area contributed by atoms with Gasteiger partial charge in [-0.1, -0.05) is 38.0 Å². The molecule has 3 aromatic rings. The van der Waals surface area contributed by atoms with E-state index >= 15 is 0 Å². The highest BCUT2D eigenvalue weighted by Crippen LogP contribution is 2.43. The first-order valence-electron chi connectivity index (χ1n) is 13.6. The Hall–Kier alpha value is -3.27. The molecule has 2 amide bonds. The summed E-state index contributed by atoms with van der Waals surface area (Å²) in [6, 6.07) is 10.2. The van der Waals surface area contributed by atoms with Crippen molar-refractivity contribution in [2.75, 3.05) is 5.43 Å². The minimum Gasteiger partial charge on any atom is -0.444 e. The first kappa shape index (κ1) is 28.7. The number of benzene rings is 1. The molecule has 0 bridgehead atoms. The summed E-state index contributed by atoms with van der Waals surface area (Å²) in [7, 11) is 0. The molecule has 0 saturated heterocycles. The van der Waals surface area contributed by atoms with Gasteiger partial charge in [0.25, 0.3) is 0 Å². The van der Waals surface area contributed by atoms with E-state index in [1.165, 1.54) is 5.56 Å². The predicted molar refractivity (Wildman–Crippen MR) is 155 cm³/mol. The normalized spacial score (nSPS) is 21.4. The van der Waals surface area contributed by atoms with Gasteiger partial charge in [-0.05, 0) is 89.9 Å². The topological polar surface area (TPSA) is 110 Å². The molecule has 1 aliphatic carbocycles. The van der Waals surface area contributed by atoms with Crippen molar-refractivity contribution < 1.29 is 14.3 Å². The number of hydrogen-bond donors (Lipinski definition) is 3. The van der Waals surface area contributed by atoms with E-state index in [1.807, 2.05) is 43.9 Å². The summed E-state index contributed by atoms with van der Waals surface area (Å²) >= 11 is 1.57. The molecule has 0 radical (unpaired) electrons. The molecule has 2 aromatic heterocycles. The van der Waals surface area contributed by atoms with Gasteiger partial charge in [0.15, 0.2) is 11.5 Å². The third kappa shape index (κ3) is 7.23. The molecule has 3 N–H and O–H groups in total. The van der Waals surface area contributed by atoms with Crippen molar-refractivity contribution in [3.8, 4) is 0 Å². The molecule has 39 heavy (non-hydrogen) atoms. The van der Waals surface area contributed by atoms with Crippen molar-refractivity contribution in [1.29, 1.82) is 0 Å². The fraction of sp³-hybridized carbons (Fsp3) is 0.517. The summed E-state index contributed by atoms with van der Waals surface area (Å²) in [5.41, 5.74) is 7.01. The number of hydrazine groups is 1. The lowest BCUT2D eigenvalue weighted by atomic mass is 9.66. The number of ether oxygens (including phenoxy) is 1. The molecule has 1 saturated carbocycles. The van der Waals surface area contributed by atoms with E-state index in [1.54, 1.807) is 18.1 Å². The molecular formula is C29H40N6O3S. The van der Waals surface area contributed by atoms with Crippen LogP contribution >= 0.6 is 11.9 Å². The maximum atomic E-state index is 13.2. The Labute approximate surface area is 235 Å². The van der Waals surface area contributed by atoms with Crippen LogP contribution in [0.5, 0.6) is 0 Å². The van der Waals surface area contributed by atoms with E-state index in [4.69, 9.17) is 4.74 Å². The number of fused-ring (bicyclic) bond motifs is 1. The SMILES string of the molecule is CCCC1(NC(=O)OC(C)(C)C)CCC(C)(C(=O)NNc2cnc3c(ccn3Sc3ccc(C)cc3)n2)CC1. The van der Waals surface area contributed by atoms with Crippen molar-refractivity contribution in [3.63, 3.8) is 0 Å². The average Bonchev–Trinajstić information content (AvgIpc) is 3.26. The molecule has 0 unspecified atom stereocenters. The van der Waals surface area contributed by atoms with Crippen LogP contribution in [0.2, 0.25) is 0 Å². The number of alkyl carbamates (subject to hydrolysis) is 1. The van der Waals surface area contributed by atoms with Crippen LogP contribution in [-0.2, 0) is 9.53 Å². The van der Waals surface area contributed by atoms with Crippen LogP contribution in [0.4, 0.5) is 10.6 Å². The third-order valence-corrected chi connectivity index (χ3v) is 8.21. The molecule has 210 valence electrons. The molecule has 2 heterocycles. The molecule has 9 nitrogen and oxygen atoms in total. The van der Waals surface area contributed by atoms with Gasteiger partial charge in [-0.25, -0.2) is 14.8 Å². The lowest BCUT2D eigenvalue weighted by Gasteiger charge is -2.44. The monoisotopic (exact) mass is 552 g/mol. The molecule has 4 rings (SSSR count).